The molecule has 0 saturated carbocycles. The minimum absolute atomic E-state index is 0.0118. The molecule has 8 heteroatoms. The molecule has 0 saturated heterocycles. The Morgan fingerprint density at radius 3 is 2.55 bits per heavy atom. The number of benzene rings is 3. The Kier molecular flexibility index (Phi) is 5.44. The van der Waals surface area contributed by atoms with Crippen LogP contribution in [0.5, 0.6) is 17.2 Å². The molecule has 0 atom stereocenters. The van der Waals surface area contributed by atoms with Crippen molar-refractivity contribution in [3.63, 3.8) is 0 Å². The van der Waals surface area contributed by atoms with Gasteiger partial charge in [-0.1, -0.05) is 18.2 Å². The van der Waals surface area contributed by atoms with E-state index in [2.05, 4.69) is 0 Å². The maximum absolute atomic E-state index is 11.8. The third-order valence-corrected chi connectivity index (χ3v) is 5.00. The van der Waals surface area contributed by atoms with Gasteiger partial charge in [-0.05, 0) is 35.4 Å². The number of hydrogen-bond donors (Lipinski definition) is 0. The molecule has 3 aromatic carbocycles. The van der Waals surface area contributed by atoms with Crippen LogP contribution in [0.15, 0.2) is 54.6 Å². The van der Waals surface area contributed by atoms with Gasteiger partial charge in [-0.2, -0.15) is 0 Å². The molecule has 158 valence electrons. The molecule has 0 aliphatic carbocycles. The van der Waals surface area contributed by atoms with E-state index in [0.29, 0.717) is 28.4 Å². The van der Waals surface area contributed by atoms with E-state index in [-0.39, 0.29) is 24.9 Å². The number of non-ortho nitro benzene ring substituents is 1. The van der Waals surface area contributed by atoms with Gasteiger partial charge >= 0.3 is 5.97 Å². The monoisotopic (exact) mass is 421 g/mol. The lowest BCUT2D eigenvalue weighted by Crippen LogP contribution is -2.02. The van der Waals surface area contributed by atoms with E-state index in [1.54, 1.807) is 24.3 Å². The number of nitrogens with zero attached hydrogens (tertiary/aromatic N) is 1. The number of rotatable bonds is 7. The molecular weight excluding hydrogens is 402 g/mol. The van der Waals surface area contributed by atoms with E-state index in [4.69, 9.17) is 18.9 Å². The van der Waals surface area contributed by atoms with Crippen molar-refractivity contribution in [3.05, 3.63) is 81.4 Å². The van der Waals surface area contributed by atoms with Crippen LogP contribution in [0.1, 0.15) is 21.5 Å². The largest absolute Gasteiger partial charge is 0.493 e. The predicted molar refractivity (Wildman–Crippen MR) is 112 cm³/mol. The molecule has 1 heterocycles. The summed E-state index contributed by atoms with van der Waals surface area (Å²) in [6, 6.07) is 15.3. The van der Waals surface area contributed by atoms with Crippen LogP contribution in [0, 0.1) is 10.1 Å². The molecule has 0 bridgehead atoms. The molecule has 0 aromatic heterocycles. The van der Waals surface area contributed by atoms with Gasteiger partial charge in [-0.15, -0.1) is 0 Å². The third-order valence-electron chi connectivity index (χ3n) is 5.00. The standard InChI is InChI=1S/C23H19NO7/c1-28-20-9-8-18(15-6-7-19-16(11-15)13-31-23(19)25)21(22(20)29-2)30-12-14-4-3-5-17(10-14)24(26)27/h3-11H,12-13H2,1-2H3. The summed E-state index contributed by atoms with van der Waals surface area (Å²) in [4.78, 5) is 22.4. The number of cyclic esters (lactones) is 1. The minimum Gasteiger partial charge on any atom is -0.493 e. The summed E-state index contributed by atoms with van der Waals surface area (Å²) in [5.74, 6) is 0.979. The maximum atomic E-state index is 11.8. The van der Waals surface area contributed by atoms with Gasteiger partial charge in [0.2, 0.25) is 5.75 Å². The topological polar surface area (TPSA) is 97.1 Å². The Morgan fingerprint density at radius 1 is 1.00 bits per heavy atom. The molecule has 4 rings (SSSR count). The van der Waals surface area contributed by atoms with Crippen LogP contribution in [0.25, 0.3) is 11.1 Å². The van der Waals surface area contributed by atoms with Gasteiger partial charge in [-0.3, -0.25) is 10.1 Å². The molecule has 8 nitrogen and oxygen atoms in total. The highest BCUT2D eigenvalue weighted by Crippen LogP contribution is 2.45. The molecule has 1 aliphatic rings. The van der Waals surface area contributed by atoms with Crippen LogP contribution < -0.4 is 14.2 Å². The Balaban J connectivity index is 1.74. The van der Waals surface area contributed by atoms with Crippen LogP contribution in [0.3, 0.4) is 0 Å². The zero-order valence-corrected chi connectivity index (χ0v) is 16.9. The number of esters is 1. The molecule has 0 unspecified atom stereocenters. The fraction of sp³-hybridized carbons (Fsp3) is 0.174. The van der Waals surface area contributed by atoms with Crippen molar-refractivity contribution in [3.8, 4) is 28.4 Å². The first-order valence-electron chi connectivity index (χ1n) is 9.43. The van der Waals surface area contributed by atoms with Crippen LogP contribution in [-0.2, 0) is 18.0 Å². The third kappa shape index (κ3) is 3.87. The highest BCUT2D eigenvalue weighted by atomic mass is 16.6. The first-order chi connectivity index (χ1) is 15.0. The lowest BCUT2D eigenvalue weighted by atomic mass is 9.99. The van der Waals surface area contributed by atoms with E-state index in [1.807, 2.05) is 18.2 Å². The van der Waals surface area contributed by atoms with Gasteiger partial charge in [0.15, 0.2) is 11.5 Å². The Labute approximate surface area is 178 Å². The zero-order chi connectivity index (χ0) is 22.0. The van der Waals surface area contributed by atoms with Gasteiger partial charge in [0, 0.05) is 23.3 Å². The average molecular weight is 421 g/mol. The van der Waals surface area contributed by atoms with Crippen LogP contribution >= 0.6 is 0 Å². The maximum Gasteiger partial charge on any atom is 0.338 e. The summed E-state index contributed by atoms with van der Waals surface area (Å²) in [6.45, 7) is 0.309. The molecule has 31 heavy (non-hydrogen) atoms. The summed E-state index contributed by atoms with van der Waals surface area (Å²) in [6.07, 6.45) is 0. The molecule has 0 N–H and O–H groups in total. The molecule has 0 amide bonds. The van der Waals surface area contributed by atoms with Crippen molar-refractivity contribution in [2.45, 2.75) is 13.2 Å². The highest BCUT2D eigenvalue weighted by Gasteiger charge is 2.24. The number of methoxy groups -OCH3 is 2. The minimum atomic E-state index is -0.449. The van der Waals surface area contributed by atoms with Crippen molar-refractivity contribution in [2.24, 2.45) is 0 Å². The van der Waals surface area contributed by atoms with Crippen molar-refractivity contribution < 1.29 is 28.7 Å². The van der Waals surface area contributed by atoms with Gasteiger partial charge < -0.3 is 18.9 Å². The van der Waals surface area contributed by atoms with Crippen molar-refractivity contribution >= 4 is 11.7 Å². The zero-order valence-electron chi connectivity index (χ0n) is 16.9. The summed E-state index contributed by atoms with van der Waals surface area (Å²) in [5, 5.41) is 11.1. The van der Waals surface area contributed by atoms with E-state index in [0.717, 1.165) is 16.7 Å². The van der Waals surface area contributed by atoms with Crippen molar-refractivity contribution in [2.75, 3.05) is 14.2 Å². The Bertz CT molecular complexity index is 1170. The molecular formula is C23H19NO7. The Hall–Kier alpha value is -4.07. The molecule has 3 aromatic rings. The number of carbonyl (C=O) groups excluding carboxylic acids is 1. The van der Waals surface area contributed by atoms with Gasteiger partial charge in [0.25, 0.3) is 5.69 Å². The lowest BCUT2D eigenvalue weighted by molar-refractivity contribution is -0.384. The van der Waals surface area contributed by atoms with Crippen LogP contribution in [0.2, 0.25) is 0 Å². The molecule has 0 spiro atoms. The van der Waals surface area contributed by atoms with E-state index in [9.17, 15) is 14.9 Å². The number of ether oxygens (including phenoxy) is 4. The second-order valence-electron chi connectivity index (χ2n) is 6.84. The number of nitro groups is 1. The summed E-state index contributed by atoms with van der Waals surface area (Å²) < 4.78 is 22.1. The summed E-state index contributed by atoms with van der Waals surface area (Å²) >= 11 is 0. The van der Waals surface area contributed by atoms with Gasteiger partial charge in [0.1, 0.15) is 13.2 Å². The Morgan fingerprint density at radius 2 is 1.81 bits per heavy atom. The fourth-order valence-corrected chi connectivity index (χ4v) is 3.49. The van der Waals surface area contributed by atoms with Crippen LogP contribution in [0.4, 0.5) is 5.69 Å². The van der Waals surface area contributed by atoms with E-state index < -0.39 is 4.92 Å². The van der Waals surface area contributed by atoms with Gasteiger partial charge in [0.05, 0.1) is 24.7 Å². The summed E-state index contributed by atoms with van der Waals surface area (Å²) in [7, 11) is 3.04. The van der Waals surface area contributed by atoms with Crippen molar-refractivity contribution in [1.82, 2.24) is 0 Å². The average Bonchev–Trinajstić information content (AvgIpc) is 3.17. The number of hydrogen-bond acceptors (Lipinski definition) is 7. The second-order valence-corrected chi connectivity index (χ2v) is 6.84. The number of fused-ring (bicyclic) bond motifs is 1. The smallest absolute Gasteiger partial charge is 0.338 e. The molecule has 1 aliphatic heterocycles. The van der Waals surface area contributed by atoms with E-state index in [1.165, 1.54) is 26.4 Å². The lowest BCUT2D eigenvalue weighted by Gasteiger charge is -2.18. The van der Waals surface area contributed by atoms with Crippen LogP contribution in [-0.4, -0.2) is 25.1 Å². The fourth-order valence-electron chi connectivity index (χ4n) is 3.49. The predicted octanol–water partition coefficient (Wildman–Crippen LogP) is 4.53. The summed E-state index contributed by atoms with van der Waals surface area (Å²) in [5.41, 5.74) is 3.50. The van der Waals surface area contributed by atoms with E-state index >= 15 is 0 Å². The van der Waals surface area contributed by atoms with Crippen molar-refractivity contribution in [1.29, 1.82) is 0 Å². The first-order valence-corrected chi connectivity index (χ1v) is 9.43. The normalized spacial score (nSPS) is 12.1. The molecule has 0 radical (unpaired) electrons. The number of nitro benzene ring substituents is 1. The first kappa shape index (κ1) is 20.2. The second kappa shape index (κ2) is 8.35. The molecule has 0 fully saturated rings. The van der Waals surface area contributed by atoms with Gasteiger partial charge in [-0.25, -0.2) is 4.79 Å². The quantitative estimate of drug-likeness (QED) is 0.314. The highest BCUT2D eigenvalue weighted by molar-refractivity contribution is 5.94. The SMILES string of the molecule is COc1ccc(-c2ccc3c(c2)COC3=O)c(OCc2cccc([N+](=O)[O-])c2)c1OC. The number of carbonyl (C=O) groups is 1.